The SMILES string of the molecule is CC(C)(C)NC(=O)[C@H]1CC[C@H]2CCCC[C@H]2N1C[C@H]1C[C@@H](c2ccc(CO)cc2)O[C@@H](c2cccc(NC(=O)CCCCCCC(=O)O)c2)O1. The number of nitrogens with zero attached hydrogens (tertiary/aromatic N) is 1. The molecule has 0 aromatic heterocycles. The van der Waals surface area contributed by atoms with Gasteiger partial charge in [-0.1, -0.05) is 62.1 Å². The van der Waals surface area contributed by atoms with Crippen molar-refractivity contribution in [2.45, 2.75) is 147 Å². The molecule has 2 aromatic rings. The summed E-state index contributed by atoms with van der Waals surface area (Å²) >= 11 is 0. The summed E-state index contributed by atoms with van der Waals surface area (Å²) in [5.74, 6) is -0.199. The van der Waals surface area contributed by atoms with Crippen molar-refractivity contribution in [2.75, 3.05) is 11.9 Å². The number of aliphatic hydroxyl groups is 1. The highest BCUT2D eigenvalue weighted by molar-refractivity contribution is 5.90. The number of aliphatic hydroxyl groups excluding tert-OH is 1. The Morgan fingerprint density at radius 3 is 2.34 bits per heavy atom. The molecular weight excluding hydrogens is 634 g/mol. The number of ether oxygens (including phenoxy) is 2. The third kappa shape index (κ3) is 10.8. The summed E-state index contributed by atoms with van der Waals surface area (Å²) < 4.78 is 13.4. The van der Waals surface area contributed by atoms with Gasteiger partial charge in [-0.15, -0.1) is 0 Å². The van der Waals surface area contributed by atoms with Gasteiger partial charge in [-0.2, -0.15) is 0 Å². The Balaban J connectivity index is 1.33. The first kappa shape index (κ1) is 37.9. The second kappa shape index (κ2) is 17.8. The maximum atomic E-state index is 13.7. The number of nitrogens with one attached hydrogen (secondary N) is 2. The molecule has 0 spiro atoms. The van der Waals surface area contributed by atoms with Crippen LogP contribution in [0.3, 0.4) is 0 Å². The molecule has 10 heteroatoms. The average Bonchev–Trinajstić information content (AvgIpc) is 3.09. The minimum Gasteiger partial charge on any atom is -0.481 e. The highest BCUT2D eigenvalue weighted by atomic mass is 16.7. The first-order valence-corrected chi connectivity index (χ1v) is 18.7. The second-order valence-electron chi connectivity index (χ2n) is 15.5. The summed E-state index contributed by atoms with van der Waals surface area (Å²) in [6.45, 7) is 6.68. The zero-order chi connectivity index (χ0) is 35.7. The molecule has 10 nitrogen and oxygen atoms in total. The summed E-state index contributed by atoms with van der Waals surface area (Å²) in [4.78, 5) is 39.7. The van der Waals surface area contributed by atoms with Crippen LogP contribution >= 0.6 is 0 Å². The van der Waals surface area contributed by atoms with Crippen LogP contribution in [0.2, 0.25) is 0 Å². The van der Waals surface area contributed by atoms with Gasteiger partial charge >= 0.3 is 5.97 Å². The zero-order valence-corrected chi connectivity index (χ0v) is 30.1. The molecule has 2 aliphatic heterocycles. The maximum absolute atomic E-state index is 13.7. The largest absolute Gasteiger partial charge is 0.481 e. The Labute approximate surface area is 297 Å². The number of rotatable bonds is 14. The van der Waals surface area contributed by atoms with Gasteiger partial charge in [0.1, 0.15) is 0 Å². The van der Waals surface area contributed by atoms with E-state index >= 15 is 0 Å². The van der Waals surface area contributed by atoms with Crippen molar-refractivity contribution in [3.63, 3.8) is 0 Å². The number of unbranched alkanes of at least 4 members (excludes halogenated alkanes) is 3. The number of carboxylic acids is 1. The van der Waals surface area contributed by atoms with Crippen LogP contribution < -0.4 is 10.6 Å². The van der Waals surface area contributed by atoms with E-state index in [4.69, 9.17) is 14.6 Å². The Hall–Kier alpha value is -3.31. The van der Waals surface area contributed by atoms with Crippen LogP contribution in [0, 0.1) is 5.92 Å². The average molecular weight is 692 g/mol. The third-order valence-electron chi connectivity index (χ3n) is 10.3. The third-order valence-corrected chi connectivity index (χ3v) is 10.3. The Morgan fingerprint density at radius 1 is 0.880 bits per heavy atom. The van der Waals surface area contributed by atoms with Gasteiger partial charge in [0.15, 0.2) is 6.29 Å². The molecule has 0 bridgehead atoms. The van der Waals surface area contributed by atoms with E-state index in [1.165, 1.54) is 19.3 Å². The Kier molecular flexibility index (Phi) is 13.5. The number of amides is 2. The van der Waals surface area contributed by atoms with Gasteiger partial charge in [0.25, 0.3) is 0 Å². The van der Waals surface area contributed by atoms with Crippen molar-refractivity contribution in [1.29, 1.82) is 0 Å². The molecule has 1 aliphatic carbocycles. The standard InChI is InChI=1S/C40H57N3O7/c1-40(2,3)42-38(48)34-22-21-28-11-8-9-14-33(28)43(34)25-32-24-35(29-19-17-27(26-44)18-20-29)50-39(49-32)30-12-10-13-31(23-30)41-36(45)15-6-4-5-7-16-37(46)47/h10,12-13,17-20,23,28,32-35,39,44H,4-9,11,14-16,21-22,24-26H2,1-3H3,(H,41,45)(H,42,48)(H,46,47)/t28-,32-,33-,34-,35+,39+/m1/s1. The summed E-state index contributed by atoms with van der Waals surface area (Å²) in [6, 6.07) is 15.6. The lowest BCUT2D eigenvalue weighted by atomic mass is 9.75. The van der Waals surface area contributed by atoms with Crippen molar-refractivity contribution < 1.29 is 34.1 Å². The lowest BCUT2D eigenvalue weighted by molar-refractivity contribution is -0.255. The molecule has 2 amide bonds. The predicted molar refractivity (Wildman–Crippen MR) is 192 cm³/mol. The van der Waals surface area contributed by atoms with Gasteiger partial charge < -0.3 is 30.3 Å². The van der Waals surface area contributed by atoms with Gasteiger partial charge in [-0.3, -0.25) is 19.3 Å². The fourth-order valence-corrected chi connectivity index (χ4v) is 7.90. The van der Waals surface area contributed by atoms with E-state index in [2.05, 4.69) is 15.5 Å². The molecule has 2 saturated heterocycles. The van der Waals surface area contributed by atoms with E-state index in [9.17, 15) is 19.5 Å². The second-order valence-corrected chi connectivity index (χ2v) is 15.5. The monoisotopic (exact) mass is 691 g/mol. The van der Waals surface area contributed by atoms with E-state index in [1.54, 1.807) is 0 Å². The Bertz CT molecular complexity index is 1420. The van der Waals surface area contributed by atoms with Gasteiger partial charge in [0.05, 0.1) is 24.9 Å². The highest BCUT2D eigenvalue weighted by Crippen LogP contribution is 2.42. The lowest BCUT2D eigenvalue weighted by Crippen LogP contribution is -2.61. The van der Waals surface area contributed by atoms with Gasteiger partial charge in [0, 0.05) is 48.6 Å². The zero-order valence-electron chi connectivity index (χ0n) is 30.1. The minimum absolute atomic E-state index is 0.0288. The van der Waals surface area contributed by atoms with Crippen molar-refractivity contribution in [3.05, 3.63) is 65.2 Å². The van der Waals surface area contributed by atoms with Gasteiger partial charge in [0.2, 0.25) is 11.8 Å². The van der Waals surface area contributed by atoms with Crippen LogP contribution in [0.15, 0.2) is 48.5 Å². The van der Waals surface area contributed by atoms with E-state index in [0.717, 1.165) is 48.8 Å². The first-order valence-electron chi connectivity index (χ1n) is 18.7. The Morgan fingerprint density at radius 2 is 1.62 bits per heavy atom. The molecule has 4 N–H and O–H groups in total. The molecule has 50 heavy (non-hydrogen) atoms. The normalized spacial score (nSPS) is 25.8. The summed E-state index contributed by atoms with van der Waals surface area (Å²) in [7, 11) is 0. The van der Waals surface area contributed by atoms with Crippen molar-refractivity contribution in [2.24, 2.45) is 5.92 Å². The number of fused-ring (bicyclic) bond motifs is 1. The van der Waals surface area contributed by atoms with Crippen LogP contribution in [0.1, 0.15) is 133 Å². The van der Waals surface area contributed by atoms with Crippen molar-refractivity contribution >= 4 is 23.5 Å². The number of anilines is 1. The molecular formula is C40H57N3O7. The molecule has 274 valence electrons. The van der Waals surface area contributed by atoms with Crippen LogP contribution in [0.5, 0.6) is 0 Å². The molecule has 3 fully saturated rings. The van der Waals surface area contributed by atoms with E-state index < -0.39 is 12.3 Å². The summed E-state index contributed by atoms with van der Waals surface area (Å²) in [6.07, 6.45) is 9.54. The van der Waals surface area contributed by atoms with Gasteiger partial charge in [-0.25, -0.2) is 0 Å². The number of hydrogen-bond donors (Lipinski definition) is 4. The van der Waals surface area contributed by atoms with Crippen molar-refractivity contribution in [3.8, 4) is 0 Å². The highest BCUT2D eigenvalue weighted by Gasteiger charge is 2.44. The first-order chi connectivity index (χ1) is 24.0. The lowest BCUT2D eigenvalue weighted by Gasteiger charge is -2.50. The number of hydrogen-bond acceptors (Lipinski definition) is 7. The number of benzene rings is 2. The van der Waals surface area contributed by atoms with Crippen LogP contribution in [-0.4, -0.2) is 63.2 Å². The van der Waals surface area contributed by atoms with Crippen LogP contribution in [-0.2, 0) is 30.5 Å². The van der Waals surface area contributed by atoms with E-state index in [1.807, 2.05) is 69.3 Å². The molecule has 2 aromatic carbocycles. The summed E-state index contributed by atoms with van der Waals surface area (Å²) in [5.41, 5.74) is 2.98. The number of aliphatic carboxylic acids is 1. The topological polar surface area (TPSA) is 137 Å². The van der Waals surface area contributed by atoms with Crippen LogP contribution in [0.25, 0.3) is 0 Å². The number of carbonyl (C=O) groups excluding carboxylic acids is 2. The number of carbonyl (C=O) groups is 3. The smallest absolute Gasteiger partial charge is 0.303 e. The quantitative estimate of drug-likeness (QED) is 0.155. The predicted octanol–water partition coefficient (Wildman–Crippen LogP) is 7.03. The molecule has 5 rings (SSSR count). The van der Waals surface area contributed by atoms with Gasteiger partial charge in [-0.05, 0) is 88.5 Å². The molecule has 0 unspecified atom stereocenters. The van der Waals surface area contributed by atoms with Crippen LogP contribution in [0.4, 0.5) is 5.69 Å². The minimum atomic E-state index is -0.789. The maximum Gasteiger partial charge on any atom is 0.303 e. The number of carboxylic acid groups (broad SMARTS) is 1. The summed E-state index contributed by atoms with van der Waals surface area (Å²) in [5, 5.41) is 24.7. The number of piperidine rings is 1. The van der Waals surface area contributed by atoms with E-state index in [-0.39, 0.29) is 48.6 Å². The van der Waals surface area contributed by atoms with Crippen molar-refractivity contribution in [1.82, 2.24) is 10.2 Å². The molecule has 0 radical (unpaired) electrons. The number of likely N-dealkylation sites (tertiary alicyclic amines) is 1. The molecule has 2 heterocycles. The molecule has 6 atom stereocenters. The van der Waals surface area contributed by atoms with E-state index in [0.29, 0.717) is 49.9 Å². The fourth-order valence-electron chi connectivity index (χ4n) is 7.90. The molecule has 3 aliphatic rings. The molecule has 1 saturated carbocycles. The fraction of sp³-hybridized carbons (Fsp3) is 0.625.